The van der Waals surface area contributed by atoms with Crippen LogP contribution >= 0.6 is 0 Å². The van der Waals surface area contributed by atoms with Gasteiger partial charge < -0.3 is 5.32 Å². The van der Waals surface area contributed by atoms with Gasteiger partial charge >= 0.3 is 0 Å². The van der Waals surface area contributed by atoms with Crippen molar-refractivity contribution in [2.75, 3.05) is 11.9 Å². The van der Waals surface area contributed by atoms with E-state index in [1.54, 1.807) is 4.31 Å². The van der Waals surface area contributed by atoms with Crippen LogP contribution in [0.3, 0.4) is 0 Å². The zero-order valence-corrected chi connectivity index (χ0v) is 17.9. The highest BCUT2D eigenvalue weighted by Gasteiger charge is 2.32. The number of hydrogen-bond donors (Lipinski definition) is 2. The third kappa shape index (κ3) is 3.98. The molecule has 2 aromatic carbocycles. The van der Waals surface area contributed by atoms with E-state index in [1.165, 1.54) is 42.5 Å². The minimum absolute atomic E-state index is 0.00520. The SMILES string of the molecule is CCC1CCCCN1S(=O)(=O)c1ccc(C(=O)Nc2ccc3c(c2)C(=O)NC3=O)cc1. The van der Waals surface area contributed by atoms with Crippen LogP contribution in [-0.2, 0) is 10.0 Å². The molecule has 162 valence electrons. The van der Waals surface area contributed by atoms with Crippen LogP contribution in [0, 0.1) is 0 Å². The summed E-state index contributed by atoms with van der Waals surface area (Å²) in [5, 5.41) is 4.87. The van der Waals surface area contributed by atoms with Gasteiger partial charge in [-0.15, -0.1) is 0 Å². The number of piperidine rings is 1. The first kappa shape index (κ1) is 21.2. The Kier molecular flexibility index (Phi) is 5.63. The van der Waals surface area contributed by atoms with Crippen molar-refractivity contribution in [3.05, 3.63) is 59.2 Å². The predicted octanol–water partition coefficient (Wildman–Crippen LogP) is 2.78. The number of fused-ring (bicyclic) bond motifs is 1. The molecule has 9 heteroatoms. The highest BCUT2D eigenvalue weighted by atomic mass is 32.2. The Labute approximate surface area is 180 Å². The molecule has 4 rings (SSSR count). The van der Waals surface area contributed by atoms with E-state index >= 15 is 0 Å². The molecule has 31 heavy (non-hydrogen) atoms. The monoisotopic (exact) mass is 441 g/mol. The largest absolute Gasteiger partial charge is 0.322 e. The van der Waals surface area contributed by atoms with E-state index < -0.39 is 27.7 Å². The molecule has 2 aromatic rings. The lowest BCUT2D eigenvalue weighted by Gasteiger charge is -2.34. The Hall–Kier alpha value is -3.04. The van der Waals surface area contributed by atoms with Gasteiger partial charge in [0.25, 0.3) is 17.7 Å². The van der Waals surface area contributed by atoms with Crippen molar-refractivity contribution in [3.63, 3.8) is 0 Å². The van der Waals surface area contributed by atoms with Gasteiger partial charge in [0.2, 0.25) is 10.0 Å². The van der Waals surface area contributed by atoms with E-state index in [-0.39, 0.29) is 27.6 Å². The third-order valence-electron chi connectivity index (χ3n) is 5.76. The van der Waals surface area contributed by atoms with Crippen LogP contribution in [0.2, 0.25) is 0 Å². The molecule has 1 fully saturated rings. The number of nitrogens with zero attached hydrogens (tertiary/aromatic N) is 1. The molecule has 0 aromatic heterocycles. The smallest absolute Gasteiger partial charge is 0.259 e. The summed E-state index contributed by atoms with van der Waals surface area (Å²) in [6.45, 7) is 2.50. The number of carbonyl (C=O) groups is 3. The molecule has 8 nitrogen and oxygen atoms in total. The number of benzene rings is 2. The molecular formula is C22H23N3O5S. The standard InChI is InChI=1S/C22H23N3O5S/c1-2-16-5-3-4-12-25(16)31(29,30)17-9-6-14(7-10-17)20(26)23-15-8-11-18-19(13-15)22(28)24-21(18)27/h6-11,13,16H,2-5,12H2,1H3,(H,23,26)(H,24,27,28). The summed E-state index contributed by atoms with van der Waals surface area (Å²) < 4.78 is 27.7. The van der Waals surface area contributed by atoms with Gasteiger partial charge in [-0.05, 0) is 61.7 Å². The van der Waals surface area contributed by atoms with Crippen LogP contribution in [0.1, 0.15) is 63.7 Å². The Balaban J connectivity index is 1.51. The summed E-state index contributed by atoms with van der Waals surface area (Å²) in [7, 11) is -3.62. The van der Waals surface area contributed by atoms with Crippen molar-refractivity contribution < 1.29 is 22.8 Å². The molecule has 0 aliphatic carbocycles. The quantitative estimate of drug-likeness (QED) is 0.693. The number of imide groups is 1. The van der Waals surface area contributed by atoms with E-state index in [2.05, 4.69) is 10.6 Å². The number of sulfonamides is 1. The van der Waals surface area contributed by atoms with E-state index in [4.69, 9.17) is 0 Å². The zero-order chi connectivity index (χ0) is 22.2. The number of hydrogen-bond acceptors (Lipinski definition) is 5. The van der Waals surface area contributed by atoms with Crippen molar-refractivity contribution in [3.8, 4) is 0 Å². The molecule has 0 saturated carbocycles. The molecule has 1 unspecified atom stereocenters. The van der Waals surface area contributed by atoms with Crippen molar-refractivity contribution in [1.29, 1.82) is 0 Å². The van der Waals surface area contributed by atoms with E-state index in [0.717, 1.165) is 25.7 Å². The summed E-state index contributed by atoms with van der Waals surface area (Å²) in [6, 6.07) is 10.3. The molecule has 2 heterocycles. The molecule has 0 radical (unpaired) electrons. The number of anilines is 1. The molecule has 0 spiro atoms. The fourth-order valence-corrected chi connectivity index (χ4v) is 5.83. The molecular weight excluding hydrogens is 418 g/mol. The normalized spacial score (nSPS) is 19.1. The molecule has 2 aliphatic heterocycles. The maximum Gasteiger partial charge on any atom is 0.259 e. The Bertz CT molecular complexity index is 1160. The number of carbonyl (C=O) groups excluding carboxylic acids is 3. The lowest BCUT2D eigenvalue weighted by molar-refractivity contribution is 0.0878. The lowest BCUT2D eigenvalue weighted by Crippen LogP contribution is -2.43. The van der Waals surface area contributed by atoms with Gasteiger partial charge in [0.15, 0.2) is 0 Å². The van der Waals surface area contributed by atoms with Crippen LogP contribution in [-0.4, -0.2) is 43.0 Å². The van der Waals surface area contributed by atoms with Gasteiger partial charge in [-0.25, -0.2) is 8.42 Å². The topological polar surface area (TPSA) is 113 Å². The van der Waals surface area contributed by atoms with Crippen LogP contribution in [0.5, 0.6) is 0 Å². The summed E-state index contributed by atoms with van der Waals surface area (Å²) in [4.78, 5) is 36.2. The fraction of sp³-hybridized carbons (Fsp3) is 0.318. The predicted molar refractivity (Wildman–Crippen MR) is 114 cm³/mol. The van der Waals surface area contributed by atoms with Gasteiger partial charge in [0.1, 0.15) is 0 Å². The summed E-state index contributed by atoms with van der Waals surface area (Å²) in [5.74, 6) is -1.42. The number of amides is 3. The van der Waals surface area contributed by atoms with Crippen molar-refractivity contribution in [2.24, 2.45) is 0 Å². The molecule has 1 atom stereocenters. The highest BCUT2D eigenvalue weighted by molar-refractivity contribution is 7.89. The average molecular weight is 442 g/mol. The van der Waals surface area contributed by atoms with Crippen LogP contribution < -0.4 is 10.6 Å². The molecule has 0 bridgehead atoms. The average Bonchev–Trinajstić information content (AvgIpc) is 3.06. The van der Waals surface area contributed by atoms with Crippen LogP contribution in [0.25, 0.3) is 0 Å². The highest BCUT2D eigenvalue weighted by Crippen LogP contribution is 2.27. The zero-order valence-electron chi connectivity index (χ0n) is 17.1. The summed E-state index contributed by atoms with van der Waals surface area (Å²) >= 11 is 0. The molecule has 2 N–H and O–H groups in total. The fourth-order valence-electron chi connectivity index (χ4n) is 4.06. The van der Waals surface area contributed by atoms with Crippen LogP contribution in [0.4, 0.5) is 5.69 Å². The first-order chi connectivity index (χ1) is 14.8. The number of nitrogens with one attached hydrogen (secondary N) is 2. The van der Waals surface area contributed by atoms with Gasteiger partial charge in [-0.3, -0.25) is 19.7 Å². The summed E-state index contributed by atoms with van der Waals surface area (Å²) in [5.41, 5.74) is 1.12. The second-order valence-corrected chi connectivity index (χ2v) is 9.59. The Morgan fingerprint density at radius 2 is 1.77 bits per heavy atom. The van der Waals surface area contributed by atoms with Crippen LogP contribution in [0.15, 0.2) is 47.4 Å². The second-order valence-electron chi connectivity index (χ2n) is 7.70. The minimum Gasteiger partial charge on any atom is -0.322 e. The first-order valence-electron chi connectivity index (χ1n) is 10.2. The van der Waals surface area contributed by atoms with Gasteiger partial charge in [0.05, 0.1) is 16.0 Å². The lowest BCUT2D eigenvalue weighted by atomic mass is 10.0. The van der Waals surface area contributed by atoms with Crippen molar-refractivity contribution >= 4 is 33.4 Å². The molecule has 2 aliphatic rings. The summed E-state index contributed by atoms with van der Waals surface area (Å²) in [6.07, 6.45) is 3.51. The first-order valence-corrected chi connectivity index (χ1v) is 11.7. The van der Waals surface area contributed by atoms with Gasteiger partial charge in [0, 0.05) is 23.8 Å². The van der Waals surface area contributed by atoms with E-state index in [9.17, 15) is 22.8 Å². The maximum absolute atomic E-state index is 13.1. The van der Waals surface area contributed by atoms with Crippen molar-refractivity contribution in [1.82, 2.24) is 9.62 Å². The van der Waals surface area contributed by atoms with E-state index in [1.807, 2.05) is 6.92 Å². The maximum atomic E-state index is 13.1. The number of rotatable bonds is 5. The van der Waals surface area contributed by atoms with Crippen molar-refractivity contribution in [2.45, 2.75) is 43.5 Å². The molecule has 3 amide bonds. The Morgan fingerprint density at radius 1 is 1.06 bits per heavy atom. The second kappa shape index (κ2) is 8.24. The third-order valence-corrected chi connectivity index (χ3v) is 7.73. The van der Waals surface area contributed by atoms with Gasteiger partial charge in [-0.1, -0.05) is 13.3 Å². The minimum atomic E-state index is -3.62. The van der Waals surface area contributed by atoms with Gasteiger partial charge in [-0.2, -0.15) is 4.31 Å². The Morgan fingerprint density at radius 3 is 2.48 bits per heavy atom. The van der Waals surface area contributed by atoms with E-state index in [0.29, 0.717) is 12.2 Å². The molecule has 1 saturated heterocycles.